The fourth-order valence-corrected chi connectivity index (χ4v) is 3.43. The van der Waals surface area contributed by atoms with Gasteiger partial charge in [-0.2, -0.15) is 0 Å². The molecule has 1 aromatic carbocycles. The molecule has 1 aromatic rings. The van der Waals surface area contributed by atoms with Crippen molar-refractivity contribution in [3.63, 3.8) is 0 Å². The van der Waals surface area contributed by atoms with E-state index in [0.29, 0.717) is 0 Å². The minimum atomic E-state index is 0.283. The first-order valence-corrected chi connectivity index (χ1v) is 7.20. The molecule has 0 spiro atoms. The van der Waals surface area contributed by atoms with E-state index >= 15 is 0 Å². The molecular formula is C16H23NO. The maximum atomic E-state index is 6.04. The van der Waals surface area contributed by atoms with Gasteiger partial charge in [0.15, 0.2) is 0 Å². The molecule has 3 rings (SSSR count). The summed E-state index contributed by atoms with van der Waals surface area (Å²) in [7, 11) is 0. The van der Waals surface area contributed by atoms with E-state index in [1.54, 1.807) is 11.1 Å². The number of ether oxygens (including phenoxy) is 1. The lowest BCUT2D eigenvalue weighted by Crippen LogP contribution is -2.38. The second-order valence-electron chi connectivity index (χ2n) is 5.95. The molecule has 0 atom stereocenters. The molecule has 1 saturated heterocycles. The zero-order valence-corrected chi connectivity index (χ0v) is 11.1. The second-order valence-corrected chi connectivity index (χ2v) is 5.95. The summed E-state index contributed by atoms with van der Waals surface area (Å²) in [5.41, 5.74) is 10.9. The molecule has 98 valence electrons. The van der Waals surface area contributed by atoms with Crippen LogP contribution in [-0.2, 0) is 24.0 Å². The molecule has 2 aliphatic rings. The smallest absolute Gasteiger partial charge is 0.0471 e. The van der Waals surface area contributed by atoms with Gasteiger partial charge in [0.1, 0.15) is 0 Å². The maximum absolute atomic E-state index is 6.04. The van der Waals surface area contributed by atoms with Gasteiger partial charge in [0.25, 0.3) is 0 Å². The Labute approximate surface area is 110 Å². The number of nitrogens with two attached hydrogens (primary N) is 1. The van der Waals surface area contributed by atoms with Crippen molar-refractivity contribution < 1.29 is 4.74 Å². The summed E-state index contributed by atoms with van der Waals surface area (Å²) in [4.78, 5) is 0. The van der Waals surface area contributed by atoms with Gasteiger partial charge in [-0.15, -0.1) is 0 Å². The lowest BCUT2D eigenvalue weighted by atomic mass is 9.75. The average Bonchev–Trinajstić information content (AvgIpc) is 2.87. The fraction of sp³-hybridized carbons (Fsp3) is 0.625. The molecular weight excluding hydrogens is 222 g/mol. The van der Waals surface area contributed by atoms with Crippen molar-refractivity contribution in [3.05, 3.63) is 34.9 Å². The van der Waals surface area contributed by atoms with Gasteiger partial charge in [0.2, 0.25) is 0 Å². The van der Waals surface area contributed by atoms with Crippen LogP contribution in [0.25, 0.3) is 0 Å². The van der Waals surface area contributed by atoms with Crippen LogP contribution in [-0.4, -0.2) is 19.8 Å². The van der Waals surface area contributed by atoms with Crippen LogP contribution in [0, 0.1) is 5.41 Å². The highest BCUT2D eigenvalue weighted by Crippen LogP contribution is 2.34. The van der Waals surface area contributed by atoms with Gasteiger partial charge in [-0.05, 0) is 67.2 Å². The summed E-state index contributed by atoms with van der Waals surface area (Å²) in [6.07, 6.45) is 7.21. The molecule has 0 aromatic heterocycles. The van der Waals surface area contributed by atoms with E-state index in [1.165, 1.54) is 24.8 Å². The summed E-state index contributed by atoms with van der Waals surface area (Å²) in [6.45, 7) is 2.54. The van der Waals surface area contributed by atoms with Gasteiger partial charge in [0.05, 0.1) is 0 Å². The van der Waals surface area contributed by atoms with Crippen molar-refractivity contribution >= 4 is 0 Å². The van der Waals surface area contributed by atoms with Crippen molar-refractivity contribution in [3.8, 4) is 0 Å². The summed E-state index contributed by atoms with van der Waals surface area (Å²) in [6, 6.07) is 7.08. The van der Waals surface area contributed by atoms with Gasteiger partial charge < -0.3 is 10.5 Å². The second kappa shape index (κ2) is 5.02. The first-order chi connectivity index (χ1) is 8.81. The summed E-state index contributed by atoms with van der Waals surface area (Å²) in [5, 5.41) is 0. The van der Waals surface area contributed by atoms with E-state index in [2.05, 4.69) is 18.2 Å². The Morgan fingerprint density at radius 3 is 2.67 bits per heavy atom. The highest BCUT2D eigenvalue weighted by molar-refractivity contribution is 5.35. The first-order valence-electron chi connectivity index (χ1n) is 7.20. The fourth-order valence-electron chi connectivity index (χ4n) is 3.43. The molecule has 18 heavy (non-hydrogen) atoms. The molecule has 2 nitrogen and oxygen atoms in total. The summed E-state index contributed by atoms with van der Waals surface area (Å²) < 4.78 is 5.48. The van der Waals surface area contributed by atoms with Gasteiger partial charge in [-0.3, -0.25) is 0 Å². The molecule has 0 unspecified atom stereocenters. The highest BCUT2D eigenvalue weighted by atomic mass is 16.5. The zero-order chi connectivity index (χ0) is 12.4. The molecule has 2 N–H and O–H groups in total. The van der Waals surface area contributed by atoms with Gasteiger partial charge in [0, 0.05) is 13.2 Å². The molecule has 0 saturated carbocycles. The minimum absolute atomic E-state index is 0.283. The van der Waals surface area contributed by atoms with Crippen LogP contribution in [0.1, 0.15) is 36.0 Å². The van der Waals surface area contributed by atoms with E-state index in [0.717, 1.165) is 39.0 Å². The molecule has 0 bridgehead atoms. The number of hydrogen-bond donors (Lipinski definition) is 1. The highest BCUT2D eigenvalue weighted by Gasteiger charge is 2.31. The number of fused-ring (bicyclic) bond motifs is 1. The SMILES string of the molecule is NCC1(Cc2ccc3c(c2)CCC3)CCOCC1. The molecule has 1 fully saturated rings. The van der Waals surface area contributed by atoms with Crippen molar-refractivity contribution in [1.82, 2.24) is 0 Å². The Morgan fingerprint density at radius 2 is 1.89 bits per heavy atom. The third-order valence-electron chi connectivity index (χ3n) is 4.73. The number of benzene rings is 1. The molecule has 0 radical (unpaired) electrons. The van der Waals surface area contributed by atoms with Gasteiger partial charge >= 0.3 is 0 Å². The zero-order valence-electron chi connectivity index (χ0n) is 11.1. The maximum Gasteiger partial charge on any atom is 0.0471 e. The van der Waals surface area contributed by atoms with Crippen molar-refractivity contribution in [2.45, 2.75) is 38.5 Å². The Kier molecular flexibility index (Phi) is 3.40. The van der Waals surface area contributed by atoms with Crippen molar-refractivity contribution in [2.24, 2.45) is 11.1 Å². The van der Waals surface area contributed by atoms with Gasteiger partial charge in [-0.25, -0.2) is 0 Å². The predicted octanol–water partition coefficient (Wildman–Crippen LogP) is 2.47. The van der Waals surface area contributed by atoms with Crippen molar-refractivity contribution in [1.29, 1.82) is 0 Å². The molecule has 0 amide bonds. The Hall–Kier alpha value is -0.860. The Balaban J connectivity index is 1.78. The third kappa shape index (κ3) is 2.32. The Morgan fingerprint density at radius 1 is 1.11 bits per heavy atom. The number of hydrogen-bond acceptors (Lipinski definition) is 2. The minimum Gasteiger partial charge on any atom is -0.381 e. The van der Waals surface area contributed by atoms with Crippen LogP contribution in [0.3, 0.4) is 0 Å². The first kappa shape index (κ1) is 12.2. The van der Waals surface area contributed by atoms with Crippen LogP contribution in [0.15, 0.2) is 18.2 Å². The number of rotatable bonds is 3. The van der Waals surface area contributed by atoms with Crippen LogP contribution in [0.2, 0.25) is 0 Å². The molecule has 1 aliphatic heterocycles. The largest absolute Gasteiger partial charge is 0.381 e. The molecule has 1 heterocycles. The van der Waals surface area contributed by atoms with Gasteiger partial charge in [-0.1, -0.05) is 18.2 Å². The van der Waals surface area contributed by atoms with E-state index in [-0.39, 0.29) is 5.41 Å². The van der Waals surface area contributed by atoms with E-state index in [4.69, 9.17) is 10.5 Å². The van der Waals surface area contributed by atoms with Crippen molar-refractivity contribution in [2.75, 3.05) is 19.8 Å². The predicted molar refractivity (Wildman–Crippen MR) is 73.7 cm³/mol. The third-order valence-corrected chi connectivity index (χ3v) is 4.73. The van der Waals surface area contributed by atoms with Crippen LogP contribution >= 0.6 is 0 Å². The summed E-state index contributed by atoms with van der Waals surface area (Å²) in [5.74, 6) is 0. The molecule has 2 heteroatoms. The topological polar surface area (TPSA) is 35.2 Å². The lowest BCUT2D eigenvalue weighted by Gasteiger charge is -2.36. The van der Waals surface area contributed by atoms with Crippen LogP contribution < -0.4 is 5.73 Å². The van der Waals surface area contributed by atoms with E-state index < -0.39 is 0 Å². The average molecular weight is 245 g/mol. The standard InChI is InChI=1S/C16H23NO/c17-12-16(6-8-18-9-7-16)11-13-4-5-14-2-1-3-15(14)10-13/h4-5,10H,1-3,6-9,11-12,17H2. The molecule has 1 aliphatic carbocycles. The van der Waals surface area contributed by atoms with E-state index in [9.17, 15) is 0 Å². The van der Waals surface area contributed by atoms with Crippen LogP contribution in [0.5, 0.6) is 0 Å². The quantitative estimate of drug-likeness (QED) is 0.888. The lowest BCUT2D eigenvalue weighted by molar-refractivity contribution is 0.0191. The van der Waals surface area contributed by atoms with Crippen LogP contribution in [0.4, 0.5) is 0 Å². The number of aryl methyl sites for hydroxylation is 2. The normalized spacial score (nSPS) is 21.8. The Bertz CT molecular complexity index is 421. The van der Waals surface area contributed by atoms with E-state index in [1.807, 2.05) is 0 Å². The monoisotopic (exact) mass is 245 g/mol. The summed E-state index contributed by atoms with van der Waals surface area (Å²) >= 11 is 0.